The summed E-state index contributed by atoms with van der Waals surface area (Å²) in [5.41, 5.74) is 6.76. The number of fused-ring (bicyclic) bond motifs is 1. The molecule has 138 valence electrons. The maximum Gasteiger partial charge on any atom is 0.138 e. The number of aromatic nitrogens is 5. The van der Waals surface area contributed by atoms with Crippen molar-refractivity contribution in [1.29, 1.82) is 0 Å². The molecule has 0 aliphatic carbocycles. The van der Waals surface area contributed by atoms with Crippen LogP contribution in [0.5, 0.6) is 0 Å². The van der Waals surface area contributed by atoms with Crippen molar-refractivity contribution in [2.45, 2.75) is 0 Å². The summed E-state index contributed by atoms with van der Waals surface area (Å²) in [5, 5.41) is 4.65. The van der Waals surface area contributed by atoms with Crippen molar-refractivity contribution in [1.82, 2.24) is 24.1 Å². The Morgan fingerprint density at radius 2 is 1.66 bits per heavy atom. The fourth-order valence-electron chi connectivity index (χ4n) is 3.29. The van der Waals surface area contributed by atoms with Crippen LogP contribution in [0.15, 0.2) is 85.6 Å². The minimum Gasteiger partial charge on any atom is -0.306 e. The molecule has 0 atom stereocenters. The normalized spacial score (nSPS) is 10.7. The van der Waals surface area contributed by atoms with Crippen LogP contribution in [-0.4, -0.2) is 24.1 Å². The van der Waals surface area contributed by atoms with E-state index in [4.69, 9.17) is 0 Å². The smallest absolute Gasteiger partial charge is 0.138 e. The molecule has 5 nitrogen and oxygen atoms in total. The maximum atomic E-state index is 4.65. The molecular formula is C24H17N5. The molecule has 1 aromatic carbocycles. The van der Waals surface area contributed by atoms with E-state index in [2.05, 4.69) is 39.0 Å². The minimum absolute atomic E-state index is 0.755. The van der Waals surface area contributed by atoms with E-state index in [1.54, 1.807) is 12.4 Å². The molecule has 0 N–H and O–H groups in total. The topological polar surface area (TPSA) is 48.0 Å². The lowest BCUT2D eigenvalue weighted by atomic mass is 10.0. The van der Waals surface area contributed by atoms with Crippen LogP contribution in [-0.2, 0) is 7.05 Å². The molecule has 0 bridgehead atoms. The largest absolute Gasteiger partial charge is 0.306 e. The first-order valence-corrected chi connectivity index (χ1v) is 9.26. The third kappa shape index (κ3) is 3.40. The van der Waals surface area contributed by atoms with Gasteiger partial charge >= 0.3 is 0 Å². The van der Waals surface area contributed by atoms with E-state index in [9.17, 15) is 0 Å². The molecule has 29 heavy (non-hydrogen) atoms. The first-order valence-electron chi connectivity index (χ1n) is 9.26. The summed E-state index contributed by atoms with van der Waals surface area (Å²) in [6.45, 7) is 0. The maximum absolute atomic E-state index is 4.65. The molecule has 5 heteroatoms. The lowest BCUT2D eigenvalue weighted by Gasteiger charge is -2.02. The van der Waals surface area contributed by atoms with Crippen LogP contribution < -0.4 is 0 Å². The van der Waals surface area contributed by atoms with E-state index in [1.165, 1.54) is 0 Å². The van der Waals surface area contributed by atoms with Crippen LogP contribution in [0, 0.1) is 11.8 Å². The Labute approximate surface area is 168 Å². The Morgan fingerprint density at radius 1 is 0.828 bits per heavy atom. The summed E-state index contributed by atoms with van der Waals surface area (Å²) in [6.07, 6.45) is 9.52. The van der Waals surface area contributed by atoms with Gasteiger partial charge in [-0.15, -0.1) is 0 Å². The van der Waals surface area contributed by atoms with Gasteiger partial charge in [0.2, 0.25) is 0 Å². The highest BCUT2D eigenvalue weighted by Gasteiger charge is 2.11. The summed E-state index contributed by atoms with van der Waals surface area (Å²) in [7, 11) is 1.93. The summed E-state index contributed by atoms with van der Waals surface area (Å²) >= 11 is 0. The van der Waals surface area contributed by atoms with E-state index in [-0.39, 0.29) is 0 Å². The van der Waals surface area contributed by atoms with Crippen LogP contribution in [0.1, 0.15) is 11.3 Å². The number of imidazole rings is 1. The van der Waals surface area contributed by atoms with Gasteiger partial charge in [0.05, 0.1) is 0 Å². The van der Waals surface area contributed by atoms with Gasteiger partial charge in [-0.05, 0) is 47.9 Å². The summed E-state index contributed by atoms with van der Waals surface area (Å²) < 4.78 is 3.80. The third-order valence-electron chi connectivity index (χ3n) is 4.68. The van der Waals surface area contributed by atoms with Crippen molar-refractivity contribution < 1.29 is 0 Å². The highest BCUT2D eigenvalue weighted by molar-refractivity contribution is 5.80. The Morgan fingerprint density at radius 3 is 2.45 bits per heavy atom. The van der Waals surface area contributed by atoms with Crippen molar-refractivity contribution in [3.63, 3.8) is 0 Å². The quantitative estimate of drug-likeness (QED) is 0.435. The zero-order chi connectivity index (χ0) is 19.6. The van der Waals surface area contributed by atoms with Crippen LogP contribution in [0.4, 0.5) is 0 Å². The van der Waals surface area contributed by atoms with E-state index < -0.39 is 0 Å². The van der Waals surface area contributed by atoms with Crippen LogP contribution in [0.25, 0.3) is 28.0 Å². The van der Waals surface area contributed by atoms with Crippen molar-refractivity contribution in [3.05, 3.63) is 96.8 Å². The standard InChI is InChI=1S/C24H17N5/c1-28-17-22(19-11-13-25-14-12-19)24(27-28)20-8-5-18(6-9-20)7-10-21-16-29-15-3-2-4-23(29)26-21/h2-6,8-9,11-17H,1H3. The van der Waals surface area contributed by atoms with Crippen LogP contribution in [0.2, 0.25) is 0 Å². The number of rotatable bonds is 2. The Bertz CT molecular complexity index is 1320. The van der Waals surface area contributed by atoms with Gasteiger partial charge < -0.3 is 4.40 Å². The Hall–Kier alpha value is -4.17. The SMILES string of the molecule is Cn1cc(-c2ccncc2)c(-c2ccc(C#Cc3cn4ccccc4n3)cc2)n1. The second kappa shape index (κ2) is 7.10. The lowest BCUT2D eigenvalue weighted by Crippen LogP contribution is -1.88. The highest BCUT2D eigenvalue weighted by atomic mass is 15.2. The summed E-state index contributed by atoms with van der Waals surface area (Å²) in [6, 6.07) is 18.0. The van der Waals surface area contributed by atoms with E-state index >= 15 is 0 Å². The van der Waals surface area contributed by atoms with Gasteiger partial charge in [0.25, 0.3) is 0 Å². The van der Waals surface area contributed by atoms with Crippen LogP contribution in [0.3, 0.4) is 0 Å². The van der Waals surface area contributed by atoms with Crippen molar-refractivity contribution >= 4 is 5.65 Å². The van der Waals surface area contributed by atoms with E-state index in [1.807, 2.05) is 77.2 Å². The Kier molecular flexibility index (Phi) is 4.15. The van der Waals surface area contributed by atoms with Gasteiger partial charge in [-0.25, -0.2) is 4.98 Å². The first-order chi connectivity index (χ1) is 14.3. The van der Waals surface area contributed by atoms with E-state index in [0.717, 1.165) is 39.3 Å². The highest BCUT2D eigenvalue weighted by Crippen LogP contribution is 2.30. The molecule has 0 spiro atoms. The molecule has 0 radical (unpaired) electrons. The zero-order valence-electron chi connectivity index (χ0n) is 15.8. The third-order valence-corrected chi connectivity index (χ3v) is 4.68. The van der Waals surface area contributed by atoms with Gasteiger partial charge in [-0.1, -0.05) is 24.1 Å². The fraction of sp³-hybridized carbons (Fsp3) is 0.0417. The number of aryl methyl sites for hydroxylation is 1. The summed E-state index contributed by atoms with van der Waals surface area (Å²) in [5.74, 6) is 6.33. The number of hydrogen-bond acceptors (Lipinski definition) is 3. The molecular weight excluding hydrogens is 358 g/mol. The predicted molar refractivity (Wildman–Crippen MR) is 113 cm³/mol. The number of nitrogens with zero attached hydrogens (tertiary/aromatic N) is 5. The van der Waals surface area contributed by atoms with Gasteiger partial charge in [0.1, 0.15) is 17.0 Å². The van der Waals surface area contributed by atoms with Crippen LogP contribution >= 0.6 is 0 Å². The summed E-state index contributed by atoms with van der Waals surface area (Å²) in [4.78, 5) is 8.61. The van der Waals surface area contributed by atoms with Gasteiger partial charge in [-0.2, -0.15) is 5.10 Å². The molecule has 0 saturated carbocycles. The molecule has 5 rings (SSSR count). The molecule has 0 saturated heterocycles. The lowest BCUT2D eigenvalue weighted by molar-refractivity contribution is 0.771. The first kappa shape index (κ1) is 17.0. The number of pyridine rings is 2. The fourth-order valence-corrected chi connectivity index (χ4v) is 3.29. The monoisotopic (exact) mass is 375 g/mol. The zero-order valence-corrected chi connectivity index (χ0v) is 15.8. The average Bonchev–Trinajstić information content (AvgIpc) is 3.36. The van der Waals surface area contributed by atoms with Gasteiger partial charge in [0, 0.05) is 54.7 Å². The van der Waals surface area contributed by atoms with Crippen molar-refractivity contribution in [2.75, 3.05) is 0 Å². The molecule has 0 aliphatic rings. The van der Waals surface area contributed by atoms with Crippen molar-refractivity contribution in [2.24, 2.45) is 7.05 Å². The Balaban J connectivity index is 1.45. The number of benzene rings is 1. The second-order valence-corrected chi connectivity index (χ2v) is 6.72. The molecule has 4 heterocycles. The molecule has 5 aromatic rings. The minimum atomic E-state index is 0.755. The molecule has 0 fully saturated rings. The molecule has 0 aliphatic heterocycles. The van der Waals surface area contributed by atoms with Crippen molar-refractivity contribution in [3.8, 4) is 34.2 Å². The number of hydrogen-bond donors (Lipinski definition) is 0. The average molecular weight is 375 g/mol. The molecule has 0 unspecified atom stereocenters. The van der Waals surface area contributed by atoms with E-state index in [0.29, 0.717) is 0 Å². The van der Waals surface area contributed by atoms with Gasteiger partial charge in [0.15, 0.2) is 0 Å². The second-order valence-electron chi connectivity index (χ2n) is 6.72. The molecule has 4 aromatic heterocycles. The predicted octanol–water partition coefficient (Wildman–Crippen LogP) is 4.20. The molecule has 0 amide bonds. The van der Waals surface area contributed by atoms with Gasteiger partial charge in [-0.3, -0.25) is 9.67 Å².